The largest absolute Gasteiger partial charge is 0.325 e. The van der Waals surface area contributed by atoms with Gasteiger partial charge in [0.15, 0.2) is 0 Å². The monoisotopic (exact) mass is 338 g/mol. The summed E-state index contributed by atoms with van der Waals surface area (Å²) in [6.45, 7) is -0.310. The van der Waals surface area contributed by atoms with Gasteiger partial charge in [-0.25, -0.2) is 8.42 Å². The molecule has 0 unspecified atom stereocenters. The van der Waals surface area contributed by atoms with Crippen molar-refractivity contribution in [3.63, 3.8) is 0 Å². The number of halogens is 1. The summed E-state index contributed by atoms with van der Waals surface area (Å²) < 4.78 is 24.9. The predicted molar refractivity (Wildman–Crippen MR) is 88.7 cm³/mol. The van der Waals surface area contributed by atoms with Crippen LogP contribution in [0.25, 0.3) is 0 Å². The van der Waals surface area contributed by atoms with Crippen LogP contribution in [0.2, 0.25) is 5.02 Å². The van der Waals surface area contributed by atoms with E-state index in [9.17, 15) is 13.2 Å². The second-order valence-electron chi connectivity index (χ2n) is 4.66. The van der Waals surface area contributed by atoms with Crippen molar-refractivity contribution >= 4 is 38.9 Å². The summed E-state index contributed by atoms with van der Waals surface area (Å²) in [6.07, 6.45) is 1.05. The van der Waals surface area contributed by atoms with Gasteiger partial charge < -0.3 is 5.32 Å². The van der Waals surface area contributed by atoms with E-state index in [0.717, 1.165) is 10.6 Å². The summed E-state index contributed by atoms with van der Waals surface area (Å²) in [5, 5.41) is 3.15. The Bertz CT molecular complexity index is 746. The first kappa shape index (κ1) is 16.3. The van der Waals surface area contributed by atoms with Crippen LogP contribution in [0.4, 0.5) is 11.4 Å². The lowest BCUT2D eigenvalue weighted by atomic mass is 10.3. The summed E-state index contributed by atoms with van der Waals surface area (Å²) in [4.78, 5) is 12.1. The molecule has 0 saturated heterocycles. The van der Waals surface area contributed by atoms with E-state index in [4.69, 9.17) is 11.6 Å². The Morgan fingerprint density at radius 1 is 1.09 bits per heavy atom. The highest BCUT2D eigenvalue weighted by atomic mass is 35.5. The van der Waals surface area contributed by atoms with Gasteiger partial charge in [0.1, 0.15) is 6.54 Å². The average Bonchev–Trinajstić information content (AvgIpc) is 2.46. The first-order valence-electron chi connectivity index (χ1n) is 6.44. The van der Waals surface area contributed by atoms with Crippen LogP contribution in [0.3, 0.4) is 0 Å². The lowest BCUT2D eigenvalue weighted by Crippen LogP contribution is -2.37. The minimum atomic E-state index is -3.59. The zero-order chi connectivity index (χ0) is 16.2. The summed E-state index contributed by atoms with van der Waals surface area (Å²) in [7, 11) is -3.59. The molecule has 7 heteroatoms. The van der Waals surface area contributed by atoms with Gasteiger partial charge >= 0.3 is 0 Å². The van der Waals surface area contributed by atoms with Crippen molar-refractivity contribution in [1.82, 2.24) is 0 Å². The molecular weight excluding hydrogens is 324 g/mol. The lowest BCUT2D eigenvalue weighted by Gasteiger charge is -2.21. The second-order valence-corrected chi connectivity index (χ2v) is 7.00. The Hall–Kier alpha value is -2.05. The average molecular weight is 339 g/mol. The van der Waals surface area contributed by atoms with Crippen LogP contribution in [0.5, 0.6) is 0 Å². The zero-order valence-electron chi connectivity index (χ0n) is 11.9. The Labute approximate surface area is 134 Å². The number of sulfonamides is 1. The highest BCUT2D eigenvalue weighted by Crippen LogP contribution is 2.20. The minimum absolute atomic E-state index is 0.310. The third kappa shape index (κ3) is 4.47. The van der Waals surface area contributed by atoms with E-state index in [-0.39, 0.29) is 6.54 Å². The number of amides is 1. The van der Waals surface area contributed by atoms with Crippen molar-refractivity contribution in [2.45, 2.75) is 0 Å². The highest BCUT2D eigenvalue weighted by molar-refractivity contribution is 7.92. The molecule has 0 atom stereocenters. The first-order chi connectivity index (χ1) is 10.4. The molecule has 2 rings (SSSR count). The van der Waals surface area contributed by atoms with Gasteiger partial charge in [0, 0.05) is 10.7 Å². The molecule has 0 radical (unpaired) electrons. The molecule has 0 saturated carbocycles. The van der Waals surface area contributed by atoms with Gasteiger partial charge in [0.2, 0.25) is 15.9 Å². The molecule has 1 N–H and O–H groups in total. The van der Waals surface area contributed by atoms with Crippen LogP contribution >= 0.6 is 11.6 Å². The summed E-state index contributed by atoms with van der Waals surface area (Å²) in [5.41, 5.74) is 0.993. The number of carbonyl (C=O) groups excluding carboxylic acids is 1. The Kier molecular flexibility index (Phi) is 5.05. The molecule has 5 nitrogen and oxygen atoms in total. The smallest absolute Gasteiger partial charge is 0.245 e. The van der Waals surface area contributed by atoms with Crippen LogP contribution in [-0.4, -0.2) is 27.1 Å². The number of hydrogen-bond acceptors (Lipinski definition) is 3. The van der Waals surface area contributed by atoms with Crippen LogP contribution in [-0.2, 0) is 14.8 Å². The van der Waals surface area contributed by atoms with Gasteiger partial charge in [-0.1, -0.05) is 29.8 Å². The van der Waals surface area contributed by atoms with Crippen molar-refractivity contribution in [3.8, 4) is 0 Å². The van der Waals surface area contributed by atoms with E-state index < -0.39 is 15.9 Å². The van der Waals surface area contributed by atoms with E-state index in [2.05, 4.69) is 5.32 Å². The van der Waals surface area contributed by atoms with Gasteiger partial charge in [-0.15, -0.1) is 0 Å². The normalized spacial score (nSPS) is 11.0. The number of hydrogen-bond donors (Lipinski definition) is 1. The van der Waals surface area contributed by atoms with Crippen LogP contribution in [0, 0.1) is 0 Å². The maximum atomic E-state index is 12.1. The Balaban J connectivity index is 2.17. The van der Waals surface area contributed by atoms with Gasteiger partial charge in [0.25, 0.3) is 0 Å². The number of nitrogens with zero attached hydrogens (tertiary/aromatic N) is 1. The number of para-hydroxylation sites is 1. The molecule has 1 amide bonds. The van der Waals surface area contributed by atoms with Crippen molar-refractivity contribution in [2.75, 3.05) is 22.4 Å². The molecule has 2 aromatic carbocycles. The topological polar surface area (TPSA) is 66.5 Å². The van der Waals surface area contributed by atoms with Crippen molar-refractivity contribution in [2.24, 2.45) is 0 Å². The molecular formula is C15H15ClN2O3S. The summed E-state index contributed by atoms with van der Waals surface area (Å²) in [5.74, 6) is -0.424. The maximum Gasteiger partial charge on any atom is 0.245 e. The Morgan fingerprint density at radius 3 is 2.23 bits per heavy atom. The lowest BCUT2D eigenvalue weighted by molar-refractivity contribution is -0.114. The fraction of sp³-hybridized carbons (Fsp3) is 0.133. The standard InChI is InChI=1S/C15H15ClN2O3S/c1-22(20,21)18(14-9-7-12(16)8-10-14)11-15(19)17-13-5-3-2-4-6-13/h2-10H,11H2,1H3,(H,17,19). The SMILES string of the molecule is CS(=O)(=O)N(CC(=O)Nc1ccccc1)c1ccc(Cl)cc1. The second kappa shape index (κ2) is 6.81. The van der Waals surface area contributed by atoms with Crippen molar-refractivity contribution < 1.29 is 13.2 Å². The number of rotatable bonds is 5. The highest BCUT2D eigenvalue weighted by Gasteiger charge is 2.20. The molecule has 116 valence electrons. The van der Waals surface area contributed by atoms with Crippen LogP contribution in [0.1, 0.15) is 0 Å². The molecule has 0 spiro atoms. The van der Waals surface area contributed by atoms with E-state index in [0.29, 0.717) is 16.4 Å². The summed E-state index contributed by atoms with van der Waals surface area (Å²) >= 11 is 5.80. The van der Waals surface area contributed by atoms with E-state index in [1.54, 1.807) is 48.5 Å². The number of carbonyl (C=O) groups is 1. The molecule has 0 aliphatic rings. The maximum absolute atomic E-state index is 12.1. The molecule has 0 heterocycles. The molecule has 0 aromatic heterocycles. The summed E-state index contributed by atoms with van der Waals surface area (Å²) in [6, 6.07) is 15.1. The molecule has 22 heavy (non-hydrogen) atoms. The molecule has 0 bridgehead atoms. The van der Waals surface area contributed by atoms with E-state index in [1.165, 1.54) is 0 Å². The number of anilines is 2. The molecule has 0 fully saturated rings. The van der Waals surface area contributed by atoms with Crippen LogP contribution < -0.4 is 9.62 Å². The third-order valence-electron chi connectivity index (χ3n) is 2.86. The van der Waals surface area contributed by atoms with E-state index >= 15 is 0 Å². The molecule has 0 aliphatic heterocycles. The van der Waals surface area contributed by atoms with Crippen molar-refractivity contribution in [3.05, 3.63) is 59.6 Å². The van der Waals surface area contributed by atoms with Gasteiger partial charge in [-0.3, -0.25) is 9.10 Å². The van der Waals surface area contributed by atoms with Gasteiger partial charge in [-0.05, 0) is 36.4 Å². The van der Waals surface area contributed by atoms with Gasteiger partial charge in [-0.2, -0.15) is 0 Å². The Morgan fingerprint density at radius 2 is 1.68 bits per heavy atom. The first-order valence-corrected chi connectivity index (χ1v) is 8.67. The molecule has 2 aromatic rings. The number of benzene rings is 2. The quantitative estimate of drug-likeness (QED) is 0.911. The van der Waals surface area contributed by atoms with E-state index in [1.807, 2.05) is 6.07 Å². The predicted octanol–water partition coefficient (Wildman–Crippen LogP) is 2.74. The zero-order valence-corrected chi connectivity index (χ0v) is 13.4. The van der Waals surface area contributed by atoms with Gasteiger partial charge in [0.05, 0.1) is 11.9 Å². The van der Waals surface area contributed by atoms with Crippen LogP contribution in [0.15, 0.2) is 54.6 Å². The number of nitrogens with one attached hydrogen (secondary N) is 1. The fourth-order valence-electron chi connectivity index (χ4n) is 1.86. The minimum Gasteiger partial charge on any atom is -0.325 e. The van der Waals surface area contributed by atoms with Crippen molar-refractivity contribution in [1.29, 1.82) is 0 Å². The third-order valence-corrected chi connectivity index (χ3v) is 4.25. The molecule has 0 aliphatic carbocycles. The fourth-order valence-corrected chi connectivity index (χ4v) is 2.84.